The van der Waals surface area contributed by atoms with Gasteiger partial charge in [0, 0.05) is 36.8 Å². The van der Waals surface area contributed by atoms with Gasteiger partial charge in [-0.1, -0.05) is 12.1 Å². The Bertz CT molecular complexity index is 856. The third-order valence-corrected chi connectivity index (χ3v) is 4.35. The summed E-state index contributed by atoms with van der Waals surface area (Å²) < 4.78 is 7.90. The number of hydrogen-bond acceptors (Lipinski definition) is 4. The lowest BCUT2D eigenvalue weighted by Crippen LogP contribution is -2.22. The van der Waals surface area contributed by atoms with E-state index in [2.05, 4.69) is 20.5 Å². The van der Waals surface area contributed by atoms with Crippen LogP contribution in [-0.2, 0) is 11.3 Å². The summed E-state index contributed by atoms with van der Waals surface area (Å²) in [6.07, 6.45) is 8.61. The summed E-state index contributed by atoms with van der Waals surface area (Å²) in [6.45, 7) is 1.50. The second-order valence-electron chi connectivity index (χ2n) is 6.08. The molecular formula is C18H19N5O2. The highest BCUT2D eigenvalue weighted by Crippen LogP contribution is 2.36. The summed E-state index contributed by atoms with van der Waals surface area (Å²) in [5, 5.41) is 9.69. The fraction of sp³-hybridized carbons (Fsp3) is 0.278. The minimum absolute atomic E-state index is 0.00278. The van der Waals surface area contributed by atoms with Crippen LogP contribution in [0.5, 0.6) is 5.75 Å². The average molecular weight is 337 g/mol. The Labute approximate surface area is 145 Å². The van der Waals surface area contributed by atoms with Crippen LogP contribution in [0.3, 0.4) is 0 Å². The maximum absolute atomic E-state index is 11.9. The minimum atomic E-state index is -0.00611. The zero-order valence-corrected chi connectivity index (χ0v) is 13.7. The number of aromatic nitrogens is 4. The van der Waals surface area contributed by atoms with Gasteiger partial charge >= 0.3 is 0 Å². The number of imidazole rings is 1. The Morgan fingerprint density at radius 1 is 1.36 bits per heavy atom. The third-order valence-electron chi connectivity index (χ3n) is 4.35. The van der Waals surface area contributed by atoms with E-state index < -0.39 is 0 Å². The van der Waals surface area contributed by atoms with Crippen molar-refractivity contribution in [3.05, 3.63) is 60.3 Å². The number of H-pyrrole nitrogens is 1. The van der Waals surface area contributed by atoms with Crippen molar-refractivity contribution in [3.8, 4) is 5.75 Å². The normalized spacial score (nSPS) is 16.3. The monoisotopic (exact) mass is 337 g/mol. The molecule has 1 aromatic carbocycles. The Balaban J connectivity index is 1.42. The molecule has 3 heterocycles. The lowest BCUT2D eigenvalue weighted by molar-refractivity contribution is -0.116. The summed E-state index contributed by atoms with van der Waals surface area (Å²) in [5.41, 5.74) is 2.07. The summed E-state index contributed by atoms with van der Waals surface area (Å²) in [7, 11) is 0. The van der Waals surface area contributed by atoms with Gasteiger partial charge in [-0.05, 0) is 24.1 Å². The van der Waals surface area contributed by atoms with E-state index in [9.17, 15) is 4.79 Å². The average Bonchev–Trinajstić information content (AvgIpc) is 3.29. The zero-order valence-electron chi connectivity index (χ0n) is 13.7. The SMILES string of the molecule is O=C1CC(c2cccc(OCCCn3ccnc3)c2)c2cn[nH]c2N1. The molecule has 0 saturated heterocycles. The smallest absolute Gasteiger partial charge is 0.226 e. The maximum atomic E-state index is 11.9. The number of nitrogens with zero attached hydrogens (tertiary/aromatic N) is 3. The van der Waals surface area contributed by atoms with E-state index >= 15 is 0 Å². The molecule has 1 amide bonds. The van der Waals surface area contributed by atoms with Crippen LogP contribution >= 0.6 is 0 Å². The number of anilines is 1. The number of nitrogens with one attached hydrogen (secondary N) is 2. The van der Waals surface area contributed by atoms with Gasteiger partial charge in [0.2, 0.25) is 5.91 Å². The number of ether oxygens (including phenoxy) is 1. The molecule has 1 aliphatic heterocycles. The number of carbonyl (C=O) groups excluding carboxylic acids is 1. The van der Waals surface area contributed by atoms with Crippen LogP contribution in [0, 0.1) is 0 Å². The number of amides is 1. The van der Waals surface area contributed by atoms with E-state index in [0.29, 0.717) is 18.8 Å². The van der Waals surface area contributed by atoms with Crippen LogP contribution in [0.4, 0.5) is 5.82 Å². The number of benzene rings is 1. The lowest BCUT2D eigenvalue weighted by atomic mass is 9.87. The second-order valence-corrected chi connectivity index (χ2v) is 6.08. The first-order valence-corrected chi connectivity index (χ1v) is 8.31. The van der Waals surface area contributed by atoms with Gasteiger partial charge in [0.25, 0.3) is 0 Å². The van der Waals surface area contributed by atoms with E-state index in [1.54, 1.807) is 18.7 Å². The topological polar surface area (TPSA) is 84.8 Å². The van der Waals surface area contributed by atoms with Gasteiger partial charge in [0.05, 0.1) is 19.1 Å². The molecule has 128 valence electrons. The first kappa shape index (κ1) is 15.4. The number of aryl methyl sites for hydroxylation is 1. The van der Waals surface area contributed by atoms with Crippen LogP contribution in [0.15, 0.2) is 49.2 Å². The van der Waals surface area contributed by atoms with Crippen LogP contribution in [0.25, 0.3) is 0 Å². The molecule has 0 radical (unpaired) electrons. The molecule has 1 unspecified atom stereocenters. The quantitative estimate of drug-likeness (QED) is 0.677. The largest absolute Gasteiger partial charge is 0.494 e. The molecule has 7 heteroatoms. The highest BCUT2D eigenvalue weighted by atomic mass is 16.5. The molecule has 3 aromatic rings. The Morgan fingerprint density at radius 3 is 3.20 bits per heavy atom. The summed E-state index contributed by atoms with van der Waals surface area (Å²) in [5.74, 6) is 1.50. The van der Waals surface area contributed by atoms with E-state index in [4.69, 9.17) is 4.74 Å². The van der Waals surface area contributed by atoms with Crippen molar-refractivity contribution in [1.29, 1.82) is 0 Å². The Hall–Kier alpha value is -3.09. The fourth-order valence-corrected chi connectivity index (χ4v) is 3.12. The second kappa shape index (κ2) is 6.80. The molecule has 4 rings (SSSR count). The molecular weight excluding hydrogens is 318 g/mol. The van der Waals surface area contributed by atoms with Gasteiger partial charge in [-0.3, -0.25) is 9.89 Å². The van der Waals surface area contributed by atoms with E-state index in [0.717, 1.165) is 29.8 Å². The predicted octanol–water partition coefficient (Wildman–Crippen LogP) is 2.55. The molecule has 1 aliphatic rings. The molecule has 0 saturated carbocycles. The highest BCUT2D eigenvalue weighted by molar-refractivity contribution is 5.94. The van der Waals surface area contributed by atoms with Crippen molar-refractivity contribution in [3.63, 3.8) is 0 Å². The van der Waals surface area contributed by atoms with Crippen molar-refractivity contribution < 1.29 is 9.53 Å². The molecule has 0 spiro atoms. The molecule has 0 bridgehead atoms. The van der Waals surface area contributed by atoms with Crippen molar-refractivity contribution >= 4 is 11.7 Å². The molecule has 2 N–H and O–H groups in total. The van der Waals surface area contributed by atoms with E-state index in [-0.39, 0.29) is 11.8 Å². The van der Waals surface area contributed by atoms with Crippen LogP contribution in [0.1, 0.15) is 29.9 Å². The Kier molecular flexibility index (Phi) is 4.20. The van der Waals surface area contributed by atoms with Gasteiger partial charge < -0.3 is 14.6 Å². The zero-order chi connectivity index (χ0) is 17.1. The number of aromatic amines is 1. The molecule has 0 aliphatic carbocycles. The van der Waals surface area contributed by atoms with Crippen molar-refractivity contribution in [2.75, 3.05) is 11.9 Å². The predicted molar refractivity (Wildman–Crippen MR) is 92.5 cm³/mol. The number of fused-ring (bicyclic) bond motifs is 1. The number of hydrogen-bond donors (Lipinski definition) is 2. The van der Waals surface area contributed by atoms with Crippen molar-refractivity contribution in [2.45, 2.75) is 25.3 Å². The van der Waals surface area contributed by atoms with Gasteiger partial charge in [-0.2, -0.15) is 5.10 Å². The molecule has 0 fully saturated rings. The summed E-state index contributed by atoms with van der Waals surface area (Å²) in [6, 6.07) is 7.95. The number of carbonyl (C=O) groups is 1. The molecule has 7 nitrogen and oxygen atoms in total. The van der Waals surface area contributed by atoms with Crippen LogP contribution in [0.2, 0.25) is 0 Å². The van der Waals surface area contributed by atoms with Gasteiger partial charge in [0.1, 0.15) is 11.6 Å². The molecule has 1 atom stereocenters. The Morgan fingerprint density at radius 2 is 2.32 bits per heavy atom. The van der Waals surface area contributed by atoms with Crippen molar-refractivity contribution in [1.82, 2.24) is 19.7 Å². The first-order chi connectivity index (χ1) is 12.3. The van der Waals surface area contributed by atoms with Gasteiger partial charge in [0.15, 0.2) is 0 Å². The third kappa shape index (κ3) is 3.40. The van der Waals surface area contributed by atoms with Crippen molar-refractivity contribution in [2.24, 2.45) is 0 Å². The first-order valence-electron chi connectivity index (χ1n) is 8.31. The van der Waals surface area contributed by atoms with Crippen LogP contribution < -0.4 is 10.1 Å². The van der Waals surface area contributed by atoms with Gasteiger partial charge in [-0.15, -0.1) is 0 Å². The maximum Gasteiger partial charge on any atom is 0.226 e. The summed E-state index contributed by atoms with van der Waals surface area (Å²) in [4.78, 5) is 15.9. The molecule has 25 heavy (non-hydrogen) atoms. The summed E-state index contributed by atoms with van der Waals surface area (Å²) >= 11 is 0. The van der Waals surface area contributed by atoms with Gasteiger partial charge in [-0.25, -0.2) is 4.98 Å². The van der Waals surface area contributed by atoms with Crippen LogP contribution in [-0.4, -0.2) is 32.3 Å². The number of rotatable bonds is 6. The standard InChI is InChI=1S/C18H19N5O2/c24-17-10-15(16-11-20-22-18(16)21-17)13-3-1-4-14(9-13)25-8-2-6-23-7-5-19-12-23/h1,3-5,7,9,11-12,15H,2,6,8,10H2,(H2,20,21,22,24). The van der Waals surface area contributed by atoms with E-state index in [1.807, 2.05) is 35.0 Å². The lowest BCUT2D eigenvalue weighted by Gasteiger charge is -2.22. The highest BCUT2D eigenvalue weighted by Gasteiger charge is 2.28. The van der Waals surface area contributed by atoms with E-state index in [1.165, 1.54) is 0 Å². The molecule has 2 aromatic heterocycles. The fourth-order valence-electron chi connectivity index (χ4n) is 3.12. The minimum Gasteiger partial charge on any atom is -0.494 e.